The molecule has 0 heterocycles. The Labute approximate surface area is 208 Å². The fourth-order valence-electron chi connectivity index (χ4n) is 3.26. The molecule has 12 nitrogen and oxygen atoms in total. The van der Waals surface area contributed by atoms with E-state index in [1.807, 2.05) is 20.8 Å². The summed E-state index contributed by atoms with van der Waals surface area (Å²) in [6, 6.07) is -3.84. The maximum absolute atomic E-state index is 13.1. The molecule has 0 rings (SSSR count). The summed E-state index contributed by atoms with van der Waals surface area (Å²) >= 11 is 0. The third kappa shape index (κ3) is 11.4. The molecule has 3 amide bonds. The number of carbonyl (C=O) groups is 4. The van der Waals surface area contributed by atoms with E-state index in [9.17, 15) is 24.3 Å². The van der Waals surface area contributed by atoms with Crippen LogP contribution < -0.4 is 33.2 Å². The molecule has 0 spiro atoms. The van der Waals surface area contributed by atoms with Crippen molar-refractivity contribution in [2.24, 2.45) is 39.9 Å². The highest BCUT2D eigenvalue weighted by molar-refractivity contribution is 5.94. The lowest BCUT2D eigenvalue weighted by atomic mass is 9.95. The lowest BCUT2D eigenvalue weighted by molar-refractivity contribution is -0.143. The van der Waals surface area contributed by atoms with Crippen molar-refractivity contribution >= 4 is 29.7 Å². The van der Waals surface area contributed by atoms with Crippen LogP contribution in [-0.2, 0) is 19.2 Å². The zero-order valence-corrected chi connectivity index (χ0v) is 21.8. The fourth-order valence-corrected chi connectivity index (χ4v) is 3.26. The van der Waals surface area contributed by atoms with Gasteiger partial charge in [-0.15, -0.1) is 0 Å². The van der Waals surface area contributed by atoms with Crippen molar-refractivity contribution in [2.45, 2.75) is 91.4 Å². The zero-order valence-electron chi connectivity index (χ0n) is 21.8. The second-order valence-corrected chi connectivity index (χ2v) is 9.36. The molecule has 0 aromatic rings. The highest BCUT2D eigenvalue weighted by Crippen LogP contribution is 2.12. The summed E-state index contributed by atoms with van der Waals surface area (Å²) in [5.41, 5.74) is 16.5. The van der Waals surface area contributed by atoms with E-state index in [1.54, 1.807) is 20.8 Å². The van der Waals surface area contributed by atoms with E-state index in [0.717, 1.165) is 0 Å². The third-order valence-corrected chi connectivity index (χ3v) is 6.16. The number of amides is 3. The van der Waals surface area contributed by atoms with Gasteiger partial charge < -0.3 is 38.3 Å². The SMILES string of the molecule is CCC(C)C(N)C(=O)NC(C(=O)NC(C(=O)NC(CCCN=C(N)N)C(=O)O)C(C)CC)C(C)C. The van der Waals surface area contributed by atoms with Gasteiger partial charge in [-0.3, -0.25) is 19.4 Å². The number of nitrogens with zero attached hydrogens (tertiary/aromatic N) is 1. The first-order chi connectivity index (χ1) is 16.3. The Hall–Kier alpha value is -2.89. The number of carbonyl (C=O) groups excluding carboxylic acids is 3. The Bertz CT molecular complexity index is 740. The molecule has 0 aromatic heterocycles. The number of hydrogen-bond donors (Lipinski definition) is 7. The zero-order chi connectivity index (χ0) is 27.3. The van der Waals surface area contributed by atoms with E-state index in [0.29, 0.717) is 19.3 Å². The molecule has 0 radical (unpaired) electrons. The average molecular weight is 500 g/mol. The molecule has 0 saturated carbocycles. The van der Waals surface area contributed by atoms with Gasteiger partial charge in [-0.25, -0.2) is 4.79 Å². The highest BCUT2D eigenvalue weighted by Gasteiger charge is 2.34. The summed E-state index contributed by atoms with van der Waals surface area (Å²) in [4.78, 5) is 54.2. The van der Waals surface area contributed by atoms with E-state index < -0.39 is 47.9 Å². The van der Waals surface area contributed by atoms with Crippen LogP contribution in [0.15, 0.2) is 4.99 Å². The first-order valence-corrected chi connectivity index (χ1v) is 12.2. The first kappa shape index (κ1) is 32.1. The minimum absolute atomic E-state index is 0.0653. The fraction of sp³-hybridized carbons (Fsp3) is 0.783. The van der Waals surface area contributed by atoms with Gasteiger partial charge in [0, 0.05) is 6.54 Å². The monoisotopic (exact) mass is 499 g/mol. The quantitative estimate of drug-likeness (QED) is 0.0844. The lowest BCUT2D eigenvalue weighted by Crippen LogP contribution is -2.60. The molecule has 0 aliphatic carbocycles. The standard InChI is InChI=1S/C23H45N7O5/c1-7-13(5)16(24)19(31)29-17(12(3)4)20(32)30-18(14(6)8-2)21(33)28-15(22(34)35)10-9-11-27-23(25)26/h12-18H,7-11,24H2,1-6H3,(H,28,33)(H,29,31)(H,30,32)(H,34,35)(H4,25,26,27). The summed E-state index contributed by atoms with van der Waals surface area (Å²) in [6.07, 6.45) is 1.71. The van der Waals surface area contributed by atoms with Crippen LogP contribution in [0.25, 0.3) is 0 Å². The van der Waals surface area contributed by atoms with Crippen LogP contribution in [-0.4, -0.2) is 65.5 Å². The molecule has 0 aliphatic rings. The van der Waals surface area contributed by atoms with E-state index in [1.165, 1.54) is 0 Å². The van der Waals surface area contributed by atoms with Crippen molar-refractivity contribution in [3.05, 3.63) is 0 Å². The second-order valence-electron chi connectivity index (χ2n) is 9.36. The number of nitrogens with one attached hydrogen (secondary N) is 3. The first-order valence-electron chi connectivity index (χ1n) is 12.2. The molecule has 0 saturated heterocycles. The number of aliphatic imine (C=N–C) groups is 1. The molecule has 0 aliphatic heterocycles. The number of carboxylic acids is 1. The number of carboxylic acid groups (broad SMARTS) is 1. The van der Waals surface area contributed by atoms with Gasteiger partial charge in [0.2, 0.25) is 17.7 Å². The van der Waals surface area contributed by atoms with Crippen molar-refractivity contribution < 1.29 is 24.3 Å². The molecular weight excluding hydrogens is 454 g/mol. The van der Waals surface area contributed by atoms with Crippen molar-refractivity contribution in [3.63, 3.8) is 0 Å². The Morgan fingerprint density at radius 2 is 1.34 bits per heavy atom. The predicted octanol–water partition coefficient (Wildman–Crippen LogP) is -0.345. The number of nitrogens with two attached hydrogens (primary N) is 3. The van der Waals surface area contributed by atoms with Gasteiger partial charge >= 0.3 is 5.97 Å². The molecule has 0 bridgehead atoms. The van der Waals surface area contributed by atoms with Gasteiger partial charge in [-0.2, -0.15) is 0 Å². The van der Waals surface area contributed by atoms with E-state index >= 15 is 0 Å². The second kappa shape index (κ2) is 15.9. The van der Waals surface area contributed by atoms with Crippen molar-refractivity contribution in [1.82, 2.24) is 16.0 Å². The molecule has 0 fully saturated rings. The van der Waals surface area contributed by atoms with Crippen LogP contribution in [0.4, 0.5) is 0 Å². The summed E-state index contributed by atoms with van der Waals surface area (Å²) < 4.78 is 0. The Morgan fingerprint density at radius 3 is 1.80 bits per heavy atom. The lowest BCUT2D eigenvalue weighted by Gasteiger charge is -2.29. The van der Waals surface area contributed by atoms with Gasteiger partial charge in [0.1, 0.15) is 18.1 Å². The number of rotatable bonds is 16. The van der Waals surface area contributed by atoms with Gasteiger partial charge in [0.15, 0.2) is 5.96 Å². The summed E-state index contributed by atoms with van der Waals surface area (Å²) in [6.45, 7) is 11.2. The molecule has 10 N–H and O–H groups in total. The van der Waals surface area contributed by atoms with Crippen molar-refractivity contribution in [3.8, 4) is 0 Å². The number of hydrogen-bond acceptors (Lipinski definition) is 6. The summed E-state index contributed by atoms with van der Waals surface area (Å²) in [7, 11) is 0. The third-order valence-electron chi connectivity index (χ3n) is 6.16. The maximum Gasteiger partial charge on any atom is 0.326 e. The minimum atomic E-state index is -1.20. The largest absolute Gasteiger partial charge is 0.480 e. The average Bonchev–Trinajstić information content (AvgIpc) is 2.80. The Balaban J connectivity index is 5.47. The molecule has 35 heavy (non-hydrogen) atoms. The Kier molecular flexibility index (Phi) is 14.6. The van der Waals surface area contributed by atoms with Gasteiger partial charge in [0.25, 0.3) is 0 Å². The van der Waals surface area contributed by atoms with Crippen LogP contribution in [0.1, 0.15) is 67.2 Å². The Morgan fingerprint density at radius 1 is 0.829 bits per heavy atom. The van der Waals surface area contributed by atoms with E-state index in [2.05, 4.69) is 20.9 Å². The van der Waals surface area contributed by atoms with Crippen LogP contribution in [0, 0.1) is 17.8 Å². The topological polar surface area (TPSA) is 215 Å². The van der Waals surface area contributed by atoms with Crippen LogP contribution in [0.2, 0.25) is 0 Å². The summed E-state index contributed by atoms with van der Waals surface area (Å²) in [5.74, 6) is -3.53. The molecule has 0 aromatic carbocycles. The maximum atomic E-state index is 13.1. The predicted molar refractivity (Wildman–Crippen MR) is 135 cm³/mol. The summed E-state index contributed by atoms with van der Waals surface area (Å²) in [5, 5.41) is 17.4. The van der Waals surface area contributed by atoms with Crippen LogP contribution >= 0.6 is 0 Å². The molecular formula is C23H45N7O5. The van der Waals surface area contributed by atoms with Crippen molar-refractivity contribution in [2.75, 3.05) is 6.54 Å². The van der Waals surface area contributed by atoms with Crippen LogP contribution in [0.3, 0.4) is 0 Å². The van der Waals surface area contributed by atoms with Gasteiger partial charge in [-0.05, 0) is 30.6 Å². The van der Waals surface area contributed by atoms with Gasteiger partial charge in [0.05, 0.1) is 6.04 Å². The highest BCUT2D eigenvalue weighted by atomic mass is 16.4. The minimum Gasteiger partial charge on any atom is -0.480 e. The number of guanidine groups is 1. The van der Waals surface area contributed by atoms with Gasteiger partial charge in [-0.1, -0.05) is 54.4 Å². The smallest absolute Gasteiger partial charge is 0.326 e. The molecule has 6 atom stereocenters. The normalized spacial score (nSPS) is 16.2. The number of aliphatic carboxylic acids is 1. The van der Waals surface area contributed by atoms with Crippen molar-refractivity contribution in [1.29, 1.82) is 0 Å². The molecule has 202 valence electrons. The molecule has 12 heteroatoms. The van der Waals surface area contributed by atoms with E-state index in [4.69, 9.17) is 17.2 Å². The van der Waals surface area contributed by atoms with E-state index in [-0.39, 0.29) is 36.7 Å². The van der Waals surface area contributed by atoms with Crippen LogP contribution in [0.5, 0.6) is 0 Å². The molecule has 6 unspecified atom stereocenters.